The number of alkyl halides is 3. The first-order valence-corrected chi connectivity index (χ1v) is 14.5. The standard InChI is InChI=1S/C31H34F3N5O5/c1-21-9-12-27(43-21)30(42)36-23-20-22(29(41)35-13-5-15-39-14-4-8-28(39)40)10-11-24(23)37-16-18-38(19-17-37)25-6-2-3-7-26(25)44-31(32,33)34/h2-3,6-7,9-12,20H,4-5,8,13-19H2,1H3,(H,35,41)(H,36,42). The van der Waals surface area contributed by atoms with Gasteiger partial charge in [-0.25, -0.2) is 0 Å². The third-order valence-electron chi connectivity index (χ3n) is 7.58. The van der Waals surface area contributed by atoms with Crippen molar-refractivity contribution in [3.63, 3.8) is 0 Å². The largest absolute Gasteiger partial charge is 0.573 e. The van der Waals surface area contributed by atoms with Gasteiger partial charge in [0.25, 0.3) is 11.8 Å². The van der Waals surface area contributed by atoms with Crippen molar-refractivity contribution in [3.8, 4) is 5.75 Å². The molecule has 0 saturated carbocycles. The summed E-state index contributed by atoms with van der Waals surface area (Å²) in [4.78, 5) is 43.5. The number of anilines is 3. The van der Waals surface area contributed by atoms with Crippen LogP contribution in [0.5, 0.6) is 5.75 Å². The second kappa shape index (κ2) is 13.3. The molecule has 2 fully saturated rings. The highest BCUT2D eigenvalue weighted by Crippen LogP contribution is 2.35. The van der Waals surface area contributed by atoms with Crippen LogP contribution in [0.2, 0.25) is 0 Å². The SMILES string of the molecule is Cc1ccc(C(=O)Nc2cc(C(=O)NCCCN3CCCC3=O)ccc2N2CCN(c3ccccc3OC(F)(F)F)CC2)o1. The maximum Gasteiger partial charge on any atom is 0.573 e. The molecule has 2 aliphatic heterocycles. The Hall–Kier alpha value is -4.68. The molecule has 13 heteroatoms. The number of carbonyl (C=O) groups excluding carboxylic acids is 3. The molecule has 2 N–H and O–H groups in total. The fourth-order valence-corrected chi connectivity index (χ4v) is 5.43. The van der Waals surface area contributed by atoms with Crippen molar-refractivity contribution >= 4 is 34.8 Å². The van der Waals surface area contributed by atoms with Crippen LogP contribution < -0.4 is 25.2 Å². The molecule has 3 amide bonds. The molecule has 0 atom stereocenters. The Balaban J connectivity index is 1.29. The predicted molar refractivity (Wildman–Crippen MR) is 158 cm³/mol. The quantitative estimate of drug-likeness (QED) is 0.316. The highest BCUT2D eigenvalue weighted by atomic mass is 19.4. The molecule has 0 bridgehead atoms. The van der Waals surface area contributed by atoms with E-state index >= 15 is 0 Å². The molecule has 1 aromatic heterocycles. The van der Waals surface area contributed by atoms with Gasteiger partial charge in [-0.1, -0.05) is 12.1 Å². The van der Waals surface area contributed by atoms with E-state index in [1.54, 1.807) is 54.3 Å². The van der Waals surface area contributed by atoms with Crippen LogP contribution in [0, 0.1) is 6.92 Å². The molecule has 0 aliphatic carbocycles. The lowest BCUT2D eigenvalue weighted by molar-refractivity contribution is -0.274. The number of hydrogen-bond donors (Lipinski definition) is 2. The molecule has 3 aromatic rings. The normalized spacial score (nSPS) is 15.5. The summed E-state index contributed by atoms with van der Waals surface area (Å²) in [6, 6.07) is 14.3. The number of rotatable bonds is 10. The summed E-state index contributed by atoms with van der Waals surface area (Å²) in [6.07, 6.45) is -2.75. The zero-order chi connectivity index (χ0) is 31.3. The number of halogens is 3. The number of ether oxygens (including phenoxy) is 1. The lowest BCUT2D eigenvalue weighted by Crippen LogP contribution is -2.47. The zero-order valence-corrected chi connectivity index (χ0v) is 24.3. The monoisotopic (exact) mass is 613 g/mol. The molecule has 2 aliphatic rings. The molecule has 44 heavy (non-hydrogen) atoms. The van der Waals surface area contributed by atoms with Gasteiger partial charge in [-0.15, -0.1) is 13.2 Å². The van der Waals surface area contributed by atoms with E-state index < -0.39 is 12.3 Å². The van der Waals surface area contributed by atoms with E-state index in [2.05, 4.69) is 15.4 Å². The van der Waals surface area contributed by atoms with E-state index in [-0.39, 0.29) is 23.3 Å². The first kappa shape index (κ1) is 30.8. The molecule has 234 valence electrons. The molecule has 0 radical (unpaired) electrons. The second-order valence-electron chi connectivity index (χ2n) is 10.7. The summed E-state index contributed by atoms with van der Waals surface area (Å²) in [5.41, 5.74) is 1.74. The minimum Gasteiger partial charge on any atom is -0.456 e. The van der Waals surface area contributed by atoms with E-state index in [4.69, 9.17) is 4.42 Å². The Morgan fingerprint density at radius 2 is 1.66 bits per heavy atom. The molecule has 0 spiro atoms. The van der Waals surface area contributed by atoms with Crippen molar-refractivity contribution in [3.05, 3.63) is 71.7 Å². The van der Waals surface area contributed by atoms with Crippen molar-refractivity contribution < 1.29 is 36.7 Å². The fourth-order valence-electron chi connectivity index (χ4n) is 5.43. The van der Waals surface area contributed by atoms with Gasteiger partial charge in [0, 0.05) is 57.8 Å². The van der Waals surface area contributed by atoms with Crippen LogP contribution in [0.3, 0.4) is 0 Å². The van der Waals surface area contributed by atoms with E-state index in [9.17, 15) is 27.6 Å². The Labute approximate surface area is 252 Å². The van der Waals surface area contributed by atoms with Gasteiger partial charge in [0.15, 0.2) is 11.5 Å². The number of hydrogen-bond acceptors (Lipinski definition) is 7. The Morgan fingerprint density at radius 3 is 2.32 bits per heavy atom. The Bertz CT molecular complexity index is 1500. The van der Waals surface area contributed by atoms with Crippen LogP contribution >= 0.6 is 0 Å². The number of nitrogens with one attached hydrogen (secondary N) is 2. The van der Waals surface area contributed by atoms with Crippen molar-refractivity contribution in [2.75, 3.05) is 60.9 Å². The lowest BCUT2D eigenvalue weighted by Gasteiger charge is -2.38. The molecular weight excluding hydrogens is 579 g/mol. The van der Waals surface area contributed by atoms with E-state index in [1.165, 1.54) is 12.1 Å². The molecular formula is C31H34F3N5O5. The number of likely N-dealkylation sites (tertiary alicyclic amines) is 1. The fraction of sp³-hybridized carbons (Fsp3) is 0.387. The Morgan fingerprint density at radius 1 is 0.932 bits per heavy atom. The van der Waals surface area contributed by atoms with Crippen molar-refractivity contribution in [1.82, 2.24) is 10.2 Å². The predicted octanol–water partition coefficient (Wildman–Crippen LogP) is 4.81. The van der Waals surface area contributed by atoms with Gasteiger partial charge in [0.2, 0.25) is 5.91 Å². The first-order chi connectivity index (χ1) is 21.1. The van der Waals surface area contributed by atoms with E-state index in [0.29, 0.717) is 80.5 Å². The Kier molecular flexibility index (Phi) is 9.31. The number of amides is 3. The number of benzene rings is 2. The number of nitrogens with zero attached hydrogens (tertiary/aromatic N) is 3. The summed E-state index contributed by atoms with van der Waals surface area (Å²) >= 11 is 0. The molecule has 2 aromatic carbocycles. The van der Waals surface area contributed by atoms with Gasteiger partial charge in [-0.05, 0) is 62.2 Å². The van der Waals surface area contributed by atoms with Gasteiger partial charge >= 0.3 is 6.36 Å². The number of para-hydroxylation sites is 2. The van der Waals surface area contributed by atoms with Crippen molar-refractivity contribution in [2.45, 2.75) is 32.5 Å². The van der Waals surface area contributed by atoms with Gasteiger partial charge in [0.1, 0.15) is 5.76 Å². The number of aryl methyl sites for hydroxylation is 1. The summed E-state index contributed by atoms with van der Waals surface area (Å²) < 4.78 is 48.6. The number of piperazine rings is 1. The van der Waals surface area contributed by atoms with Crippen molar-refractivity contribution in [1.29, 1.82) is 0 Å². The molecule has 3 heterocycles. The minimum atomic E-state index is -4.81. The second-order valence-corrected chi connectivity index (χ2v) is 10.7. The topological polar surface area (TPSA) is 107 Å². The van der Waals surface area contributed by atoms with Gasteiger partial charge in [0.05, 0.1) is 17.1 Å². The molecule has 10 nitrogen and oxygen atoms in total. The highest BCUT2D eigenvalue weighted by molar-refractivity contribution is 6.05. The summed E-state index contributed by atoms with van der Waals surface area (Å²) in [5, 5.41) is 5.74. The summed E-state index contributed by atoms with van der Waals surface area (Å²) in [7, 11) is 0. The van der Waals surface area contributed by atoms with E-state index in [1.807, 2.05) is 9.80 Å². The molecule has 2 saturated heterocycles. The van der Waals surface area contributed by atoms with Crippen molar-refractivity contribution in [2.24, 2.45) is 0 Å². The van der Waals surface area contributed by atoms with Gasteiger partial charge < -0.3 is 34.5 Å². The zero-order valence-electron chi connectivity index (χ0n) is 24.3. The van der Waals surface area contributed by atoms with Crippen LogP contribution in [0.4, 0.5) is 30.2 Å². The van der Waals surface area contributed by atoms with Crippen LogP contribution in [0.15, 0.2) is 59.0 Å². The summed E-state index contributed by atoms with van der Waals surface area (Å²) in [5.74, 6) is -0.240. The molecule has 5 rings (SSSR count). The van der Waals surface area contributed by atoms with Crippen LogP contribution in [-0.2, 0) is 4.79 Å². The smallest absolute Gasteiger partial charge is 0.456 e. The number of carbonyl (C=O) groups is 3. The lowest BCUT2D eigenvalue weighted by atomic mass is 10.1. The minimum absolute atomic E-state index is 0.117. The average molecular weight is 614 g/mol. The van der Waals surface area contributed by atoms with E-state index in [0.717, 1.165) is 13.0 Å². The first-order valence-electron chi connectivity index (χ1n) is 14.5. The average Bonchev–Trinajstić information content (AvgIpc) is 3.62. The van der Waals surface area contributed by atoms with Gasteiger partial charge in [-0.3, -0.25) is 14.4 Å². The van der Waals surface area contributed by atoms with Crippen LogP contribution in [0.1, 0.15) is 45.9 Å². The third-order valence-corrected chi connectivity index (χ3v) is 7.58. The number of furan rings is 1. The summed E-state index contributed by atoms with van der Waals surface area (Å²) in [6.45, 7) is 5.10. The van der Waals surface area contributed by atoms with Crippen LogP contribution in [0.25, 0.3) is 0 Å². The van der Waals surface area contributed by atoms with Gasteiger partial charge in [-0.2, -0.15) is 0 Å². The maximum absolute atomic E-state index is 13.0. The third kappa shape index (κ3) is 7.63. The molecule has 0 unspecified atom stereocenters. The maximum atomic E-state index is 13.0. The highest BCUT2D eigenvalue weighted by Gasteiger charge is 2.33. The van der Waals surface area contributed by atoms with Crippen LogP contribution in [-0.4, -0.2) is 74.8 Å².